The van der Waals surface area contributed by atoms with Crippen molar-refractivity contribution in [1.82, 2.24) is 0 Å². The van der Waals surface area contributed by atoms with Gasteiger partial charge in [0, 0.05) is 7.11 Å². The van der Waals surface area contributed by atoms with E-state index in [4.69, 9.17) is 14.2 Å². The lowest BCUT2D eigenvalue weighted by molar-refractivity contribution is -0.212. The monoisotopic (exact) mass is 308 g/mol. The Morgan fingerprint density at radius 2 is 1.77 bits per heavy atom. The molecular weight excluding hydrogens is 276 g/mol. The van der Waals surface area contributed by atoms with E-state index in [0.29, 0.717) is 23.4 Å². The van der Waals surface area contributed by atoms with Crippen LogP contribution in [0.15, 0.2) is 0 Å². The molecule has 1 spiro atoms. The van der Waals surface area contributed by atoms with Crippen molar-refractivity contribution in [2.75, 3.05) is 13.7 Å². The maximum Gasteiger partial charge on any atom is 0.190 e. The smallest absolute Gasteiger partial charge is 0.190 e. The van der Waals surface area contributed by atoms with Crippen LogP contribution in [0.25, 0.3) is 0 Å². The zero-order valence-electron chi connectivity index (χ0n) is 15.1. The summed E-state index contributed by atoms with van der Waals surface area (Å²) in [5, 5.41) is 0. The molecule has 4 aliphatic rings. The Kier molecular flexibility index (Phi) is 3.00. The van der Waals surface area contributed by atoms with E-state index in [-0.39, 0.29) is 11.7 Å². The van der Waals surface area contributed by atoms with Crippen molar-refractivity contribution in [2.45, 2.75) is 77.8 Å². The van der Waals surface area contributed by atoms with Gasteiger partial charge in [0.25, 0.3) is 0 Å². The average Bonchev–Trinajstić information content (AvgIpc) is 2.92. The SMILES string of the molecule is COC[C@]1(C)O[C@H]2C[C@@]34C[C@@H](C(C)(C)[C@@H]3CC[C@H]4C)[C@@]2(C)O1. The van der Waals surface area contributed by atoms with Crippen LogP contribution in [0, 0.1) is 28.6 Å². The van der Waals surface area contributed by atoms with Crippen molar-refractivity contribution >= 4 is 0 Å². The fourth-order valence-corrected chi connectivity index (χ4v) is 7.23. The lowest BCUT2D eigenvalue weighted by Gasteiger charge is -2.47. The van der Waals surface area contributed by atoms with Crippen LogP contribution in [-0.4, -0.2) is 31.2 Å². The first-order chi connectivity index (χ1) is 10.2. The summed E-state index contributed by atoms with van der Waals surface area (Å²) in [4.78, 5) is 0. The molecule has 0 aromatic rings. The highest BCUT2D eigenvalue weighted by Gasteiger charge is 2.74. The number of rotatable bonds is 2. The molecule has 2 bridgehead atoms. The van der Waals surface area contributed by atoms with Gasteiger partial charge in [-0.2, -0.15) is 0 Å². The number of ether oxygens (including phenoxy) is 3. The molecule has 3 saturated carbocycles. The summed E-state index contributed by atoms with van der Waals surface area (Å²) in [6.45, 7) is 12.3. The Hall–Kier alpha value is -0.120. The number of methoxy groups -OCH3 is 1. The zero-order chi connectivity index (χ0) is 16.0. The summed E-state index contributed by atoms with van der Waals surface area (Å²) >= 11 is 0. The minimum atomic E-state index is -0.581. The van der Waals surface area contributed by atoms with Gasteiger partial charge in [0.15, 0.2) is 5.79 Å². The van der Waals surface area contributed by atoms with E-state index >= 15 is 0 Å². The first-order valence-corrected chi connectivity index (χ1v) is 9.05. The first-order valence-electron chi connectivity index (χ1n) is 9.05. The molecule has 0 unspecified atom stereocenters. The van der Waals surface area contributed by atoms with Crippen molar-refractivity contribution in [2.24, 2.45) is 28.6 Å². The van der Waals surface area contributed by atoms with Crippen LogP contribution in [0.1, 0.15) is 60.3 Å². The Bertz CT molecular complexity index is 489. The Morgan fingerprint density at radius 3 is 2.45 bits per heavy atom. The predicted molar refractivity (Wildman–Crippen MR) is 85.5 cm³/mol. The fraction of sp³-hybridized carbons (Fsp3) is 1.00. The molecule has 7 atom stereocenters. The van der Waals surface area contributed by atoms with Crippen molar-refractivity contribution in [3.63, 3.8) is 0 Å². The van der Waals surface area contributed by atoms with Crippen LogP contribution in [0.5, 0.6) is 0 Å². The molecule has 3 heteroatoms. The maximum absolute atomic E-state index is 6.60. The fourth-order valence-electron chi connectivity index (χ4n) is 7.23. The molecule has 3 aliphatic carbocycles. The van der Waals surface area contributed by atoms with Gasteiger partial charge in [-0.3, -0.25) is 0 Å². The largest absolute Gasteiger partial charge is 0.379 e. The molecule has 3 nitrogen and oxygen atoms in total. The van der Waals surface area contributed by atoms with Gasteiger partial charge in [-0.05, 0) is 68.1 Å². The van der Waals surface area contributed by atoms with E-state index in [1.165, 1.54) is 25.7 Å². The third-order valence-corrected chi connectivity index (χ3v) is 8.07. The Morgan fingerprint density at radius 1 is 1.05 bits per heavy atom. The number of fused-ring (bicyclic) bond motifs is 3. The van der Waals surface area contributed by atoms with Crippen LogP contribution < -0.4 is 0 Å². The summed E-state index contributed by atoms with van der Waals surface area (Å²) in [6, 6.07) is 0. The normalized spacial score (nSPS) is 58.6. The highest BCUT2D eigenvalue weighted by Crippen LogP contribution is 2.75. The second kappa shape index (κ2) is 4.29. The van der Waals surface area contributed by atoms with E-state index in [9.17, 15) is 0 Å². The molecule has 126 valence electrons. The van der Waals surface area contributed by atoms with Crippen LogP contribution in [-0.2, 0) is 14.2 Å². The van der Waals surface area contributed by atoms with E-state index < -0.39 is 5.79 Å². The molecule has 0 N–H and O–H groups in total. The zero-order valence-corrected chi connectivity index (χ0v) is 15.1. The van der Waals surface area contributed by atoms with Crippen LogP contribution in [0.2, 0.25) is 0 Å². The van der Waals surface area contributed by atoms with Crippen LogP contribution >= 0.6 is 0 Å². The van der Waals surface area contributed by atoms with Gasteiger partial charge in [-0.15, -0.1) is 0 Å². The van der Waals surface area contributed by atoms with Gasteiger partial charge in [-0.25, -0.2) is 0 Å². The van der Waals surface area contributed by atoms with Gasteiger partial charge in [0.2, 0.25) is 0 Å². The first kappa shape index (κ1) is 15.4. The van der Waals surface area contributed by atoms with Gasteiger partial charge in [0.1, 0.15) is 6.61 Å². The topological polar surface area (TPSA) is 27.7 Å². The molecule has 1 heterocycles. The molecule has 4 fully saturated rings. The van der Waals surface area contributed by atoms with Crippen molar-refractivity contribution in [1.29, 1.82) is 0 Å². The molecule has 0 radical (unpaired) electrons. The lowest BCUT2D eigenvalue weighted by atomic mass is 9.63. The standard InChI is InChI=1S/C19H32O3/c1-12-7-8-13-16(2,3)14-9-19(12,13)10-15-18(14,5)22-17(4,21-15)11-20-6/h12-15H,7-11H2,1-6H3/t12-,13+,14+,15+,17-,18-,19-/m1/s1. The second-order valence-corrected chi connectivity index (χ2v) is 9.51. The van der Waals surface area contributed by atoms with Crippen molar-refractivity contribution in [3.05, 3.63) is 0 Å². The van der Waals surface area contributed by atoms with Crippen LogP contribution in [0.3, 0.4) is 0 Å². The van der Waals surface area contributed by atoms with E-state index in [2.05, 4.69) is 27.7 Å². The molecule has 22 heavy (non-hydrogen) atoms. The van der Waals surface area contributed by atoms with Gasteiger partial charge in [0.05, 0.1) is 11.7 Å². The van der Waals surface area contributed by atoms with Crippen LogP contribution in [0.4, 0.5) is 0 Å². The number of hydrogen-bond acceptors (Lipinski definition) is 3. The molecular formula is C19H32O3. The summed E-state index contributed by atoms with van der Waals surface area (Å²) in [6.07, 6.45) is 5.50. The van der Waals surface area contributed by atoms with E-state index in [1.54, 1.807) is 7.11 Å². The van der Waals surface area contributed by atoms with Crippen molar-refractivity contribution < 1.29 is 14.2 Å². The second-order valence-electron chi connectivity index (χ2n) is 9.51. The van der Waals surface area contributed by atoms with E-state index in [1.807, 2.05) is 6.92 Å². The molecule has 0 amide bonds. The minimum absolute atomic E-state index is 0.161. The van der Waals surface area contributed by atoms with E-state index in [0.717, 1.165) is 11.8 Å². The third kappa shape index (κ3) is 1.63. The molecule has 4 rings (SSSR count). The van der Waals surface area contributed by atoms with Crippen molar-refractivity contribution in [3.8, 4) is 0 Å². The van der Waals surface area contributed by atoms with Gasteiger partial charge >= 0.3 is 0 Å². The number of hydrogen-bond donors (Lipinski definition) is 0. The summed E-state index contributed by atoms with van der Waals surface area (Å²) in [5.74, 6) is 1.67. The molecule has 1 saturated heterocycles. The molecule has 0 aromatic carbocycles. The average molecular weight is 308 g/mol. The molecule has 0 aromatic heterocycles. The molecule has 1 aliphatic heterocycles. The summed E-state index contributed by atoms with van der Waals surface area (Å²) in [7, 11) is 1.73. The van der Waals surface area contributed by atoms with Gasteiger partial charge < -0.3 is 14.2 Å². The maximum atomic E-state index is 6.60. The lowest BCUT2D eigenvalue weighted by Crippen LogP contribution is -2.52. The summed E-state index contributed by atoms with van der Waals surface area (Å²) in [5.41, 5.74) is 0.669. The Balaban J connectivity index is 1.75. The Labute approximate surface area is 135 Å². The van der Waals surface area contributed by atoms with Gasteiger partial charge in [-0.1, -0.05) is 20.8 Å². The minimum Gasteiger partial charge on any atom is -0.379 e. The highest BCUT2D eigenvalue weighted by molar-refractivity contribution is 5.21. The summed E-state index contributed by atoms with van der Waals surface area (Å²) < 4.78 is 18.4. The highest BCUT2D eigenvalue weighted by atomic mass is 16.8. The third-order valence-electron chi connectivity index (χ3n) is 8.07. The predicted octanol–water partition coefficient (Wildman–Crippen LogP) is 4.01. The quantitative estimate of drug-likeness (QED) is 0.771.